The van der Waals surface area contributed by atoms with Crippen molar-refractivity contribution in [2.24, 2.45) is 11.8 Å². The van der Waals surface area contributed by atoms with Crippen LogP contribution >= 0.6 is 0 Å². The highest BCUT2D eigenvalue weighted by Gasteiger charge is 2.52. The lowest BCUT2D eigenvalue weighted by Crippen LogP contribution is -2.53. The number of nitrogens with zero attached hydrogens (tertiary/aromatic N) is 2. The van der Waals surface area contributed by atoms with Crippen LogP contribution in [0.1, 0.15) is 26.7 Å². The van der Waals surface area contributed by atoms with E-state index >= 15 is 0 Å². The van der Waals surface area contributed by atoms with Gasteiger partial charge < -0.3 is 5.11 Å². The molecule has 0 aromatic carbocycles. The van der Waals surface area contributed by atoms with Gasteiger partial charge in [-0.3, -0.25) is 20.2 Å². The minimum Gasteiger partial charge on any atom is -0.386 e. The molecule has 92 valence electrons. The van der Waals surface area contributed by atoms with Gasteiger partial charge in [0.25, 0.3) is 0 Å². The highest BCUT2D eigenvalue weighted by Crippen LogP contribution is 2.34. The molecule has 0 aromatic heterocycles. The second kappa shape index (κ2) is 4.73. The molecule has 4 unspecified atom stereocenters. The van der Waals surface area contributed by atoms with Crippen molar-refractivity contribution in [1.29, 1.82) is 0 Å². The minimum atomic E-state index is -1.22. The summed E-state index contributed by atoms with van der Waals surface area (Å²) >= 11 is 0. The first kappa shape index (κ1) is 12.8. The zero-order chi connectivity index (χ0) is 12.5. The zero-order valence-electron chi connectivity index (χ0n) is 9.28. The standard InChI is InChI=1S/C9H16N2O5/c1-5(2)8-6(10(13)14)3-4-7(12)9(8)11(15)16/h5-9,12H,3-4H2,1-2H3. The molecule has 1 N–H and O–H groups in total. The van der Waals surface area contributed by atoms with Crippen LogP contribution in [0.25, 0.3) is 0 Å². The summed E-state index contributed by atoms with van der Waals surface area (Å²) in [5, 5.41) is 31.3. The fraction of sp³-hybridized carbons (Fsp3) is 1.00. The van der Waals surface area contributed by atoms with Gasteiger partial charge in [-0.2, -0.15) is 0 Å². The number of hydrogen-bond donors (Lipinski definition) is 1. The van der Waals surface area contributed by atoms with Crippen LogP contribution in [-0.2, 0) is 0 Å². The van der Waals surface area contributed by atoms with Gasteiger partial charge in [-0.15, -0.1) is 0 Å². The maximum Gasteiger partial charge on any atom is 0.248 e. The fourth-order valence-electron chi connectivity index (χ4n) is 2.55. The second-order valence-corrected chi connectivity index (χ2v) is 4.59. The molecule has 0 heterocycles. The average molecular weight is 232 g/mol. The first-order valence-corrected chi connectivity index (χ1v) is 5.31. The second-order valence-electron chi connectivity index (χ2n) is 4.59. The maximum absolute atomic E-state index is 10.9. The molecule has 1 fully saturated rings. The summed E-state index contributed by atoms with van der Waals surface area (Å²) in [5.41, 5.74) is 0. The van der Waals surface area contributed by atoms with E-state index in [0.29, 0.717) is 0 Å². The molecule has 0 bridgehead atoms. The van der Waals surface area contributed by atoms with Crippen molar-refractivity contribution in [2.45, 2.75) is 44.9 Å². The van der Waals surface area contributed by atoms with E-state index < -0.39 is 34.0 Å². The van der Waals surface area contributed by atoms with Gasteiger partial charge in [0.2, 0.25) is 12.1 Å². The highest BCUT2D eigenvalue weighted by atomic mass is 16.6. The van der Waals surface area contributed by atoms with E-state index in [1.54, 1.807) is 13.8 Å². The van der Waals surface area contributed by atoms with E-state index in [4.69, 9.17) is 0 Å². The molecule has 1 rings (SSSR count). The number of rotatable bonds is 3. The molecule has 7 nitrogen and oxygen atoms in total. The first-order valence-electron chi connectivity index (χ1n) is 5.31. The molecule has 0 radical (unpaired) electrons. The van der Waals surface area contributed by atoms with Gasteiger partial charge in [0.05, 0.1) is 5.92 Å². The van der Waals surface area contributed by atoms with E-state index in [2.05, 4.69) is 0 Å². The van der Waals surface area contributed by atoms with Crippen LogP contribution in [0.3, 0.4) is 0 Å². The van der Waals surface area contributed by atoms with Gasteiger partial charge in [0.15, 0.2) is 0 Å². The van der Waals surface area contributed by atoms with Crippen LogP contribution in [0.5, 0.6) is 0 Å². The van der Waals surface area contributed by atoms with Gasteiger partial charge in [0, 0.05) is 16.3 Å². The van der Waals surface area contributed by atoms with Crippen LogP contribution < -0.4 is 0 Å². The molecule has 16 heavy (non-hydrogen) atoms. The Morgan fingerprint density at radius 3 is 2.12 bits per heavy atom. The Morgan fingerprint density at radius 1 is 1.19 bits per heavy atom. The summed E-state index contributed by atoms with van der Waals surface area (Å²) in [7, 11) is 0. The Morgan fingerprint density at radius 2 is 1.75 bits per heavy atom. The Kier molecular flexibility index (Phi) is 3.79. The Hall–Kier alpha value is -1.24. The number of aliphatic hydroxyl groups is 1. The third-order valence-corrected chi connectivity index (χ3v) is 3.28. The lowest BCUT2D eigenvalue weighted by molar-refractivity contribution is -0.593. The predicted octanol–water partition coefficient (Wildman–Crippen LogP) is 0.704. The minimum absolute atomic E-state index is 0.126. The normalized spacial score (nSPS) is 35.0. The van der Waals surface area contributed by atoms with Gasteiger partial charge in [-0.25, -0.2) is 0 Å². The molecule has 4 atom stereocenters. The molecule has 1 aliphatic rings. The quantitative estimate of drug-likeness (QED) is 0.569. The SMILES string of the molecule is CC(C)C1C([N+](=O)[O-])CCC(O)C1[N+](=O)[O-]. The molecule has 1 saturated carbocycles. The molecular formula is C9H16N2O5. The first-order chi connectivity index (χ1) is 7.36. The van der Waals surface area contributed by atoms with Gasteiger partial charge in [0.1, 0.15) is 6.10 Å². The summed E-state index contributed by atoms with van der Waals surface area (Å²) in [5.74, 6) is -0.894. The third kappa shape index (κ3) is 2.29. The van der Waals surface area contributed by atoms with Crippen LogP contribution in [0, 0.1) is 32.1 Å². The predicted molar refractivity (Wildman–Crippen MR) is 55.1 cm³/mol. The highest BCUT2D eigenvalue weighted by molar-refractivity contribution is 4.89. The summed E-state index contributed by atoms with van der Waals surface area (Å²) in [4.78, 5) is 20.7. The maximum atomic E-state index is 10.9. The zero-order valence-corrected chi connectivity index (χ0v) is 9.28. The van der Waals surface area contributed by atoms with Crippen LogP contribution in [0.2, 0.25) is 0 Å². The van der Waals surface area contributed by atoms with Crippen molar-refractivity contribution >= 4 is 0 Å². The molecule has 0 aromatic rings. The Labute approximate surface area is 92.8 Å². The van der Waals surface area contributed by atoms with E-state index in [9.17, 15) is 25.3 Å². The van der Waals surface area contributed by atoms with E-state index in [1.807, 2.05) is 0 Å². The topological polar surface area (TPSA) is 107 Å². The molecular weight excluding hydrogens is 216 g/mol. The smallest absolute Gasteiger partial charge is 0.248 e. The van der Waals surface area contributed by atoms with Crippen molar-refractivity contribution < 1.29 is 15.0 Å². The van der Waals surface area contributed by atoms with Crippen molar-refractivity contribution in [3.05, 3.63) is 20.2 Å². The fourth-order valence-corrected chi connectivity index (χ4v) is 2.55. The molecule has 7 heteroatoms. The molecule has 0 amide bonds. The van der Waals surface area contributed by atoms with Crippen LogP contribution in [0.4, 0.5) is 0 Å². The van der Waals surface area contributed by atoms with Crippen molar-refractivity contribution in [3.63, 3.8) is 0 Å². The van der Waals surface area contributed by atoms with E-state index in [-0.39, 0.29) is 18.8 Å². The van der Waals surface area contributed by atoms with Gasteiger partial charge in [-0.1, -0.05) is 13.8 Å². The van der Waals surface area contributed by atoms with Crippen molar-refractivity contribution in [3.8, 4) is 0 Å². The van der Waals surface area contributed by atoms with Crippen molar-refractivity contribution in [2.75, 3.05) is 0 Å². The van der Waals surface area contributed by atoms with Crippen LogP contribution in [0.15, 0.2) is 0 Å². The largest absolute Gasteiger partial charge is 0.386 e. The summed E-state index contributed by atoms with van der Waals surface area (Å²) < 4.78 is 0. The van der Waals surface area contributed by atoms with E-state index in [1.165, 1.54) is 0 Å². The lowest BCUT2D eigenvalue weighted by atomic mass is 9.73. The summed E-state index contributed by atoms with van der Waals surface area (Å²) in [6.07, 6.45) is -0.736. The molecule has 0 saturated heterocycles. The molecule has 0 spiro atoms. The van der Waals surface area contributed by atoms with Crippen molar-refractivity contribution in [1.82, 2.24) is 0 Å². The number of nitro groups is 2. The third-order valence-electron chi connectivity index (χ3n) is 3.28. The van der Waals surface area contributed by atoms with Gasteiger partial charge in [-0.05, 0) is 12.3 Å². The number of aliphatic hydroxyl groups excluding tert-OH is 1. The van der Waals surface area contributed by atoms with Crippen LogP contribution in [-0.4, -0.2) is 33.1 Å². The number of hydrogen-bond acceptors (Lipinski definition) is 5. The Balaban J connectivity index is 3.01. The monoisotopic (exact) mass is 232 g/mol. The summed E-state index contributed by atoms with van der Waals surface area (Å²) in [6.45, 7) is 3.44. The van der Waals surface area contributed by atoms with Gasteiger partial charge >= 0.3 is 0 Å². The summed E-state index contributed by atoms with van der Waals surface area (Å²) in [6, 6.07) is -2.14. The van der Waals surface area contributed by atoms with E-state index in [0.717, 1.165) is 0 Å². The molecule has 0 aliphatic heterocycles. The Bertz CT molecular complexity index is 294. The lowest BCUT2D eigenvalue weighted by Gasteiger charge is -2.33. The molecule has 1 aliphatic carbocycles. The average Bonchev–Trinajstić information content (AvgIpc) is 2.15.